The maximum absolute atomic E-state index is 11.9. The van der Waals surface area contributed by atoms with Crippen LogP contribution in [0, 0.1) is 23.2 Å². The van der Waals surface area contributed by atoms with Crippen LogP contribution in [0.2, 0.25) is 0 Å². The predicted molar refractivity (Wildman–Crippen MR) is 99.6 cm³/mol. The van der Waals surface area contributed by atoms with Crippen LogP contribution in [0.3, 0.4) is 0 Å². The second kappa shape index (κ2) is 9.23. The summed E-state index contributed by atoms with van der Waals surface area (Å²) in [5, 5.41) is 12.7. The van der Waals surface area contributed by atoms with Crippen molar-refractivity contribution in [3.8, 4) is 11.8 Å². The Hall–Kier alpha value is -2.33. The molecule has 0 radical (unpaired) electrons. The molecule has 6 nitrogen and oxygen atoms in total. The third-order valence-corrected chi connectivity index (χ3v) is 4.92. The van der Waals surface area contributed by atoms with E-state index in [0.29, 0.717) is 34.3 Å². The molecule has 0 spiro atoms. The van der Waals surface area contributed by atoms with E-state index in [9.17, 15) is 4.79 Å². The molecule has 0 bridgehead atoms. The zero-order valence-corrected chi connectivity index (χ0v) is 15.4. The molecule has 1 amide bonds. The van der Waals surface area contributed by atoms with Gasteiger partial charge in [0.15, 0.2) is 11.7 Å². The Morgan fingerprint density at radius 2 is 2.08 bits per heavy atom. The number of thiocarbonyl (C=S) groups is 1. The molecule has 134 valence electrons. The summed E-state index contributed by atoms with van der Waals surface area (Å²) in [4.78, 5) is 11.9. The van der Waals surface area contributed by atoms with E-state index < -0.39 is 0 Å². The number of nitriles is 1. The summed E-state index contributed by atoms with van der Waals surface area (Å²) in [6.45, 7) is 4.28. The van der Waals surface area contributed by atoms with Crippen molar-refractivity contribution in [2.45, 2.75) is 39.2 Å². The van der Waals surface area contributed by atoms with Crippen molar-refractivity contribution in [1.29, 1.82) is 5.26 Å². The number of carbonyl (C=O) groups is 1. The average molecular weight is 360 g/mol. The summed E-state index contributed by atoms with van der Waals surface area (Å²) in [6, 6.07) is 9.11. The number of hydrazine groups is 1. The van der Waals surface area contributed by atoms with Crippen molar-refractivity contribution in [1.82, 2.24) is 16.2 Å². The van der Waals surface area contributed by atoms with Crippen LogP contribution in [0.4, 0.5) is 0 Å². The lowest BCUT2D eigenvalue weighted by Crippen LogP contribution is -2.53. The molecule has 2 rings (SSSR count). The summed E-state index contributed by atoms with van der Waals surface area (Å²) in [6.07, 6.45) is 3.51. The topological polar surface area (TPSA) is 86.2 Å². The lowest BCUT2D eigenvalue weighted by molar-refractivity contribution is -0.123. The highest BCUT2D eigenvalue weighted by atomic mass is 32.1. The molecule has 0 unspecified atom stereocenters. The average Bonchev–Trinajstić information content (AvgIpc) is 2.62. The van der Waals surface area contributed by atoms with Crippen molar-refractivity contribution in [3.05, 3.63) is 29.8 Å². The molecular formula is C18H24N4O2S. The first-order valence-electron chi connectivity index (χ1n) is 8.48. The molecule has 7 heteroatoms. The quantitative estimate of drug-likeness (QED) is 0.564. The molecule has 25 heavy (non-hydrogen) atoms. The molecule has 0 aromatic heterocycles. The third kappa shape index (κ3) is 5.61. The molecule has 1 saturated carbocycles. The number of carbonyl (C=O) groups excluding carboxylic acids is 1. The lowest BCUT2D eigenvalue weighted by Gasteiger charge is -2.35. The van der Waals surface area contributed by atoms with Gasteiger partial charge in [0.2, 0.25) is 0 Å². The minimum atomic E-state index is -0.373. The predicted octanol–water partition coefficient (Wildman–Crippen LogP) is 2.26. The van der Waals surface area contributed by atoms with Crippen LogP contribution in [-0.2, 0) is 4.79 Å². The van der Waals surface area contributed by atoms with E-state index in [1.165, 1.54) is 12.8 Å². The van der Waals surface area contributed by atoms with Crippen molar-refractivity contribution >= 4 is 23.2 Å². The maximum atomic E-state index is 11.9. The van der Waals surface area contributed by atoms with Crippen LogP contribution in [-0.4, -0.2) is 23.7 Å². The van der Waals surface area contributed by atoms with E-state index in [1.807, 2.05) is 6.07 Å². The van der Waals surface area contributed by atoms with Gasteiger partial charge in [-0.3, -0.25) is 15.6 Å². The number of rotatable bonds is 4. The van der Waals surface area contributed by atoms with Gasteiger partial charge in [-0.25, -0.2) is 0 Å². The van der Waals surface area contributed by atoms with E-state index >= 15 is 0 Å². The summed E-state index contributed by atoms with van der Waals surface area (Å²) < 4.78 is 5.36. The zero-order valence-electron chi connectivity index (χ0n) is 14.5. The van der Waals surface area contributed by atoms with Crippen LogP contribution < -0.4 is 20.9 Å². The largest absolute Gasteiger partial charge is 0.482 e. The van der Waals surface area contributed by atoms with E-state index in [0.717, 1.165) is 6.42 Å². The molecule has 0 aliphatic heterocycles. The van der Waals surface area contributed by atoms with Crippen LogP contribution in [0.15, 0.2) is 24.3 Å². The minimum absolute atomic E-state index is 0.203. The summed E-state index contributed by atoms with van der Waals surface area (Å²) in [7, 11) is 0. The molecule has 3 N–H and O–H groups in total. The van der Waals surface area contributed by atoms with Crippen molar-refractivity contribution in [2.24, 2.45) is 11.8 Å². The van der Waals surface area contributed by atoms with Gasteiger partial charge in [-0.1, -0.05) is 38.8 Å². The van der Waals surface area contributed by atoms with Crippen LogP contribution in [0.5, 0.6) is 5.75 Å². The maximum Gasteiger partial charge on any atom is 0.276 e. The number of amides is 1. The van der Waals surface area contributed by atoms with Gasteiger partial charge in [-0.2, -0.15) is 5.26 Å². The Balaban J connectivity index is 1.72. The summed E-state index contributed by atoms with van der Waals surface area (Å²) in [5.74, 6) is 1.21. The minimum Gasteiger partial charge on any atom is -0.482 e. The van der Waals surface area contributed by atoms with Gasteiger partial charge < -0.3 is 10.1 Å². The van der Waals surface area contributed by atoms with Gasteiger partial charge in [0.25, 0.3) is 5.91 Å². The Kier molecular flexibility index (Phi) is 7.02. The van der Waals surface area contributed by atoms with Crippen molar-refractivity contribution < 1.29 is 9.53 Å². The monoisotopic (exact) mass is 360 g/mol. The Bertz CT molecular complexity index is 659. The molecule has 1 aromatic carbocycles. The van der Waals surface area contributed by atoms with Gasteiger partial charge in [-0.05, 0) is 42.6 Å². The molecule has 0 saturated heterocycles. The number of hydrogen-bond acceptors (Lipinski definition) is 4. The van der Waals surface area contributed by atoms with Gasteiger partial charge in [0, 0.05) is 6.04 Å². The fourth-order valence-corrected chi connectivity index (χ4v) is 3.18. The SMILES string of the molecule is C[C@@H]1[C@H](C)CCC[C@H]1NC(=S)NNC(=O)COc1ccccc1C#N. The number of benzene rings is 1. The second-order valence-electron chi connectivity index (χ2n) is 6.42. The first kappa shape index (κ1) is 19.0. The van der Waals surface area contributed by atoms with Crippen LogP contribution >= 0.6 is 12.2 Å². The standard InChI is InChI=1S/C18H24N4O2S/c1-12-6-5-8-15(13(12)2)20-18(25)22-21-17(23)11-24-16-9-4-3-7-14(16)10-19/h3-4,7,9,12-13,15H,5-6,8,11H2,1-2H3,(H,21,23)(H2,20,22,25)/t12-,13-,15-/m1/s1. The fraction of sp³-hybridized carbons (Fsp3) is 0.500. The molecule has 1 aliphatic rings. The van der Waals surface area contributed by atoms with E-state index in [2.05, 4.69) is 30.0 Å². The summed E-state index contributed by atoms with van der Waals surface area (Å²) >= 11 is 5.24. The zero-order chi connectivity index (χ0) is 18.2. The second-order valence-corrected chi connectivity index (χ2v) is 6.83. The van der Waals surface area contributed by atoms with Crippen LogP contribution in [0.1, 0.15) is 38.7 Å². The lowest BCUT2D eigenvalue weighted by atomic mass is 9.78. The smallest absolute Gasteiger partial charge is 0.276 e. The van der Waals surface area contributed by atoms with Crippen molar-refractivity contribution in [2.75, 3.05) is 6.61 Å². The molecule has 1 aromatic rings. The molecule has 3 atom stereocenters. The van der Waals surface area contributed by atoms with Crippen molar-refractivity contribution in [3.63, 3.8) is 0 Å². The van der Waals surface area contributed by atoms with Gasteiger partial charge >= 0.3 is 0 Å². The Labute approximate surface area is 153 Å². The third-order valence-electron chi connectivity index (χ3n) is 4.71. The number of ether oxygens (including phenoxy) is 1. The first-order chi connectivity index (χ1) is 12.0. The summed E-state index contributed by atoms with van der Waals surface area (Å²) in [5.41, 5.74) is 5.60. The fourth-order valence-electron chi connectivity index (χ4n) is 2.98. The van der Waals surface area contributed by atoms with Gasteiger partial charge in [-0.15, -0.1) is 0 Å². The highest BCUT2D eigenvalue weighted by Crippen LogP contribution is 2.29. The molecule has 0 heterocycles. The molecule has 1 aliphatic carbocycles. The highest BCUT2D eigenvalue weighted by Gasteiger charge is 2.27. The van der Waals surface area contributed by atoms with E-state index in [4.69, 9.17) is 22.2 Å². The van der Waals surface area contributed by atoms with E-state index in [1.54, 1.807) is 24.3 Å². The van der Waals surface area contributed by atoms with E-state index in [-0.39, 0.29) is 12.5 Å². The highest BCUT2D eigenvalue weighted by molar-refractivity contribution is 7.80. The number of hydrogen-bond donors (Lipinski definition) is 3. The number of para-hydroxylation sites is 1. The van der Waals surface area contributed by atoms with Gasteiger partial charge in [0.1, 0.15) is 11.8 Å². The van der Waals surface area contributed by atoms with Crippen LogP contribution in [0.25, 0.3) is 0 Å². The Morgan fingerprint density at radius 1 is 1.32 bits per heavy atom. The number of nitrogens with zero attached hydrogens (tertiary/aromatic N) is 1. The molecule has 1 fully saturated rings. The normalized spacial score (nSPS) is 22.4. The molecular weight excluding hydrogens is 336 g/mol. The first-order valence-corrected chi connectivity index (χ1v) is 8.89. The van der Waals surface area contributed by atoms with Gasteiger partial charge in [0.05, 0.1) is 5.56 Å². The Morgan fingerprint density at radius 3 is 2.84 bits per heavy atom. The number of nitrogens with one attached hydrogen (secondary N) is 3.